The lowest BCUT2D eigenvalue weighted by Crippen LogP contribution is -2.20. The van der Waals surface area contributed by atoms with Crippen molar-refractivity contribution in [1.82, 2.24) is 0 Å². The van der Waals surface area contributed by atoms with Crippen LogP contribution in [0.4, 0.5) is 13.2 Å². The highest BCUT2D eigenvalue weighted by Crippen LogP contribution is 2.32. The molecule has 0 radical (unpaired) electrons. The van der Waals surface area contributed by atoms with E-state index in [1.165, 1.54) is 12.1 Å². The van der Waals surface area contributed by atoms with Crippen LogP contribution >= 0.6 is 0 Å². The van der Waals surface area contributed by atoms with Crippen LogP contribution in [0.1, 0.15) is 18.4 Å². The van der Waals surface area contributed by atoms with Crippen LogP contribution in [0.25, 0.3) is 10.8 Å². The van der Waals surface area contributed by atoms with Crippen LogP contribution in [-0.4, -0.2) is 18.6 Å². The van der Waals surface area contributed by atoms with Crippen molar-refractivity contribution in [2.24, 2.45) is 0 Å². The average Bonchev–Trinajstić information content (AvgIpc) is 2.44. The molecule has 1 unspecified atom stereocenters. The SMILES string of the molecule is COc1ccc2cc(C(O)(F)CCC(F)F)ccc2c1. The molecule has 0 spiro atoms. The summed E-state index contributed by atoms with van der Waals surface area (Å²) in [5.74, 6) is -2.08. The van der Waals surface area contributed by atoms with Crippen molar-refractivity contribution < 1.29 is 23.0 Å². The number of methoxy groups -OCH3 is 1. The molecular formula is C15H15F3O2. The fourth-order valence-electron chi connectivity index (χ4n) is 2.03. The Morgan fingerprint density at radius 1 is 1.15 bits per heavy atom. The van der Waals surface area contributed by atoms with E-state index in [2.05, 4.69) is 0 Å². The standard InChI is InChI=1S/C15H15F3O2/c1-20-13-5-3-10-8-12(4-2-11(10)9-13)15(18,19)7-6-14(16)17/h2-5,8-9,14,19H,6-7H2,1H3. The van der Waals surface area contributed by atoms with Crippen molar-refractivity contribution in [2.75, 3.05) is 7.11 Å². The van der Waals surface area contributed by atoms with Gasteiger partial charge in [0.1, 0.15) is 5.75 Å². The quantitative estimate of drug-likeness (QED) is 0.899. The number of halogens is 3. The maximum Gasteiger partial charge on any atom is 0.238 e. The molecule has 0 bridgehead atoms. The van der Waals surface area contributed by atoms with Gasteiger partial charge in [-0.2, -0.15) is 0 Å². The van der Waals surface area contributed by atoms with Crippen molar-refractivity contribution in [1.29, 1.82) is 0 Å². The Morgan fingerprint density at radius 3 is 2.45 bits per heavy atom. The van der Waals surface area contributed by atoms with Gasteiger partial charge in [-0.15, -0.1) is 0 Å². The summed E-state index contributed by atoms with van der Waals surface area (Å²) in [4.78, 5) is 0. The molecule has 0 aliphatic heterocycles. The predicted octanol–water partition coefficient (Wildman–Crippen LogP) is 4.01. The number of hydrogen-bond acceptors (Lipinski definition) is 2. The molecule has 2 rings (SSSR count). The highest BCUT2D eigenvalue weighted by Gasteiger charge is 2.29. The van der Waals surface area contributed by atoms with Crippen LogP contribution in [0.5, 0.6) is 5.75 Å². The Morgan fingerprint density at radius 2 is 1.80 bits per heavy atom. The van der Waals surface area contributed by atoms with E-state index in [1.807, 2.05) is 0 Å². The molecule has 20 heavy (non-hydrogen) atoms. The second-order valence-corrected chi connectivity index (χ2v) is 4.62. The van der Waals surface area contributed by atoms with Gasteiger partial charge in [-0.25, -0.2) is 13.2 Å². The number of benzene rings is 2. The number of fused-ring (bicyclic) bond motifs is 1. The highest BCUT2D eigenvalue weighted by molar-refractivity contribution is 5.84. The molecule has 2 nitrogen and oxygen atoms in total. The number of ether oxygens (including phenoxy) is 1. The normalized spacial score (nSPS) is 14.5. The second kappa shape index (κ2) is 5.71. The molecular weight excluding hydrogens is 269 g/mol. The molecule has 0 fully saturated rings. The smallest absolute Gasteiger partial charge is 0.238 e. The highest BCUT2D eigenvalue weighted by atomic mass is 19.3. The number of hydrogen-bond donors (Lipinski definition) is 1. The summed E-state index contributed by atoms with van der Waals surface area (Å²) in [6.07, 6.45) is -3.96. The van der Waals surface area contributed by atoms with Gasteiger partial charge >= 0.3 is 0 Å². The summed E-state index contributed by atoms with van der Waals surface area (Å²) in [5, 5.41) is 11.2. The van der Waals surface area contributed by atoms with Gasteiger partial charge in [-0.1, -0.05) is 18.2 Å². The van der Waals surface area contributed by atoms with Crippen molar-refractivity contribution in [3.8, 4) is 5.75 Å². The third-order valence-corrected chi connectivity index (χ3v) is 3.18. The minimum absolute atomic E-state index is 0.0178. The lowest BCUT2D eigenvalue weighted by Gasteiger charge is -2.19. The molecule has 0 heterocycles. The van der Waals surface area contributed by atoms with Crippen molar-refractivity contribution in [3.05, 3.63) is 42.0 Å². The van der Waals surface area contributed by atoms with Crippen LogP contribution in [0, 0.1) is 0 Å². The van der Waals surface area contributed by atoms with Crippen molar-refractivity contribution in [3.63, 3.8) is 0 Å². The van der Waals surface area contributed by atoms with E-state index in [1.54, 1.807) is 31.4 Å². The van der Waals surface area contributed by atoms with Gasteiger partial charge in [0, 0.05) is 18.4 Å². The Bertz CT molecular complexity index is 597. The fraction of sp³-hybridized carbons (Fsp3) is 0.333. The molecule has 0 amide bonds. The zero-order valence-corrected chi connectivity index (χ0v) is 10.9. The Balaban J connectivity index is 2.31. The first-order chi connectivity index (χ1) is 9.42. The summed E-state index contributed by atoms with van der Waals surface area (Å²) in [6.45, 7) is 0. The van der Waals surface area contributed by atoms with E-state index in [9.17, 15) is 18.3 Å². The predicted molar refractivity (Wildman–Crippen MR) is 70.7 cm³/mol. The molecule has 0 saturated heterocycles. The Kier molecular flexibility index (Phi) is 4.18. The van der Waals surface area contributed by atoms with Gasteiger partial charge in [0.05, 0.1) is 7.11 Å². The van der Waals surface area contributed by atoms with Gasteiger partial charge in [-0.05, 0) is 29.0 Å². The van der Waals surface area contributed by atoms with Crippen LogP contribution in [0.15, 0.2) is 36.4 Å². The molecule has 5 heteroatoms. The molecule has 108 valence electrons. The summed E-state index contributed by atoms with van der Waals surface area (Å²) in [6, 6.07) is 9.69. The van der Waals surface area contributed by atoms with Crippen molar-refractivity contribution in [2.45, 2.75) is 25.1 Å². The lowest BCUT2D eigenvalue weighted by atomic mass is 9.99. The Labute approximate surface area is 114 Å². The third-order valence-electron chi connectivity index (χ3n) is 3.18. The van der Waals surface area contributed by atoms with Gasteiger partial charge in [-0.3, -0.25) is 0 Å². The van der Waals surface area contributed by atoms with E-state index in [0.717, 1.165) is 5.39 Å². The summed E-state index contributed by atoms with van der Waals surface area (Å²) in [7, 11) is 1.54. The second-order valence-electron chi connectivity index (χ2n) is 4.62. The zero-order chi connectivity index (χ0) is 14.8. The van der Waals surface area contributed by atoms with E-state index < -0.39 is 25.1 Å². The first kappa shape index (κ1) is 14.7. The van der Waals surface area contributed by atoms with Gasteiger partial charge < -0.3 is 9.84 Å². The summed E-state index contributed by atoms with van der Waals surface area (Å²) in [5.41, 5.74) is -0.0178. The molecule has 2 aromatic rings. The van der Waals surface area contributed by atoms with Crippen LogP contribution in [0.3, 0.4) is 0 Å². The number of alkyl halides is 3. The lowest BCUT2D eigenvalue weighted by molar-refractivity contribution is -0.110. The largest absolute Gasteiger partial charge is 0.497 e. The van der Waals surface area contributed by atoms with Crippen LogP contribution in [0.2, 0.25) is 0 Å². The van der Waals surface area contributed by atoms with Gasteiger partial charge in [0.2, 0.25) is 12.3 Å². The summed E-state index contributed by atoms with van der Waals surface area (Å²) >= 11 is 0. The summed E-state index contributed by atoms with van der Waals surface area (Å²) < 4.78 is 43.4. The molecule has 0 aliphatic rings. The number of aliphatic hydroxyl groups is 1. The minimum Gasteiger partial charge on any atom is -0.497 e. The number of rotatable bonds is 5. The van der Waals surface area contributed by atoms with E-state index >= 15 is 0 Å². The zero-order valence-electron chi connectivity index (χ0n) is 10.9. The maximum absolute atomic E-state index is 14.1. The molecule has 0 aliphatic carbocycles. The molecule has 1 atom stereocenters. The molecule has 2 aromatic carbocycles. The van der Waals surface area contributed by atoms with Crippen LogP contribution in [-0.2, 0) is 5.85 Å². The molecule has 0 saturated carbocycles. The first-order valence-corrected chi connectivity index (χ1v) is 6.20. The first-order valence-electron chi connectivity index (χ1n) is 6.20. The molecule has 0 aromatic heterocycles. The monoisotopic (exact) mass is 284 g/mol. The Hall–Kier alpha value is -1.75. The van der Waals surface area contributed by atoms with Crippen LogP contribution < -0.4 is 4.74 Å². The topological polar surface area (TPSA) is 29.5 Å². The van der Waals surface area contributed by atoms with Gasteiger partial charge in [0.15, 0.2) is 0 Å². The van der Waals surface area contributed by atoms with E-state index in [4.69, 9.17) is 4.74 Å². The van der Waals surface area contributed by atoms with E-state index in [-0.39, 0.29) is 5.56 Å². The fourth-order valence-corrected chi connectivity index (χ4v) is 2.03. The molecule has 1 N–H and O–H groups in total. The third kappa shape index (κ3) is 3.22. The average molecular weight is 284 g/mol. The van der Waals surface area contributed by atoms with Crippen molar-refractivity contribution >= 4 is 10.8 Å². The maximum atomic E-state index is 14.1. The van der Waals surface area contributed by atoms with Gasteiger partial charge in [0.25, 0.3) is 0 Å². The minimum atomic E-state index is -2.75. The van der Waals surface area contributed by atoms with E-state index in [0.29, 0.717) is 11.1 Å².